The monoisotopic (exact) mass is 450 g/mol. The summed E-state index contributed by atoms with van der Waals surface area (Å²) in [7, 11) is 0. The van der Waals surface area contributed by atoms with E-state index in [-0.39, 0.29) is 12.1 Å². The smallest absolute Gasteiger partial charge is 0.257 e. The highest BCUT2D eigenvalue weighted by Gasteiger charge is 2.32. The van der Waals surface area contributed by atoms with Crippen LogP contribution in [-0.4, -0.2) is 24.0 Å². The molecule has 0 fully saturated rings. The average molecular weight is 451 g/mol. The third kappa shape index (κ3) is 4.53. The van der Waals surface area contributed by atoms with Gasteiger partial charge in [0.25, 0.3) is 5.91 Å². The van der Waals surface area contributed by atoms with Crippen molar-refractivity contribution in [2.24, 2.45) is 0 Å². The van der Waals surface area contributed by atoms with E-state index in [4.69, 9.17) is 21.1 Å². The summed E-state index contributed by atoms with van der Waals surface area (Å²) in [5.41, 5.74) is 3.38. The van der Waals surface area contributed by atoms with Crippen LogP contribution in [0.1, 0.15) is 47.9 Å². The third-order valence-electron chi connectivity index (χ3n) is 5.41. The number of carbonyl (C=O) groups excluding carboxylic acids is 1. The topological polar surface area (TPSA) is 50.8 Å². The Hall–Kier alpha value is -3.18. The van der Waals surface area contributed by atoms with Crippen molar-refractivity contribution >= 4 is 23.2 Å². The lowest BCUT2D eigenvalue weighted by atomic mass is 10.0. The molecule has 0 aromatic heterocycles. The summed E-state index contributed by atoms with van der Waals surface area (Å²) >= 11 is 6.26. The number of halogens is 1. The van der Waals surface area contributed by atoms with Crippen molar-refractivity contribution in [3.63, 3.8) is 0 Å². The van der Waals surface area contributed by atoms with Gasteiger partial charge in [0.15, 0.2) is 11.5 Å². The molecule has 4 rings (SSSR count). The van der Waals surface area contributed by atoms with Crippen LogP contribution in [0.5, 0.6) is 11.5 Å². The second-order valence-corrected chi connectivity index (χ2v) is 8.02. The van der Waals surface area contributed by atoms with Crippen LogP contribution >= 0.6 is 11.6 Å². The van der Waals surface area contributed by atoms with E-state index < -0.39 is 0 Å². The van der Waals surface area contributed by atoms with Gasteiger partial charge in [-0.1, -0.05) is 54.9 Å². The number of nitrogens with zero attached hydrogens (tertiary/aromatic N) is 1. The Kier molecular flexibility index (Phi) is 6.86. The molecule has 1 N–H and O–H groups in total. The predicted molar refractivity (Wildman–Crippen MR) is 128 cm³/mol. The van der Waals surface area contributed by atoms with Gasteiger partial charge in [-0.15, -0.1) is 0 Å². The Bertz CT molecular complexity index is 1100. The van der Waals surface area contributed by atoms with Crippen molar-refractivity contribution in [3.05, 3.63) is 88.4 Å². The van der Waals surface area contributed by atoms with E-state index in [2.05, 4.69) is 12.2 Å². The molecular weight excluding hydrogens is 424 g/mol. The lowest BCUT2D eigenvalue weighted by Gasteiger charge is -2.38. The minimum absolute atomic E-state index is 0.0307. The Morgan fingerprint density at radius 2 is 1.75 bits per heavy atom. The second-order valence-electron chi connectivity index (χ2n) is 7.61. The van der Waals surface area contributed by atoms with Crippen LogP contribution in [0.25, 0.3) is 0 Å². The van der Waals surface area contributed by atoms with Crippen LogP contribution in [0.4, 0.5) is 5.69 Å². The maximum Gasteiger partial charge on any atom is 0.257 e. The number of fused-ring (bicyclic) bond motifs is 1. The first-order valence-electron chi connectivity index (χ1n) is 10.9. The maximum absolute atomic E-state index is 13.2. The zero-order chi connectivity index (χ0) is 22.5. The van der Waals surface area contributed by atoms with Crippen molar-refractivity contribution in [2.45, 2.75) is 33.0 Å². The standard InChI is InChI=1S/C26H27ClN2O3/c1-3-15-29-25(28-22-12-8-6-10-20(22)26(29)30)18-13-14-23(24(16-18)31-4-2)32-17-19-9-5-7-11-21(19)27/h5-14,16,25,28H,3-4,15,17H2,1-2H3. The predicted octanol–water partition coefficient (Wildman–Crippen LogP) is 6.29. The Morgan fingerprint density at radius 1 is 0.969 bits per heavy atom. The Morgan fingerprint density at radius 3 is 2.53 bits per heavy atom. The van der Waals surface area contributed by atoms with Gasteiger partial charge < -0.3 is 19.7 Å². The van der Waals surface area contributed by atoms with Crippen LogP contribution in [0.3, 0.4) is 0 Å². The molecule has 0 saturated carbocycles. The fourth-order valence-corrected chi connectivity index (χ4v) is 4.07. The van der Waals surface area contributed by atoms with E-state index >= 15 is 0 Å². The summed E-state index contributed by atoms with van der Waals surface area (Å²) in [5, 5.41) is 4.19. The molecule has 1 unspecified atom stereocenters. The molecule has 1 aliphatic rings. The highest BCUT2D eigenvalue weighted by Crippen LogP contribution is 2.37. The molecule has 0 radical (unpaired) electrons. The molecule has 32 heavy (non-hydrogen) atoms. The van der Waals surface area contributed by atoms with Gasteiger partial charge in [0.2, 0.25) is 0 Å². The van der Waals surface area contributed by atoms with E-state index in [9.17, 15) is 4.79 Å². The molecule has 1 amide bonds. The van der Waals surface area contributed by atoms with Crippen LogP contribution < -0.4 is 14.8 Å². The molecule has 6 heteroatoms. The molecule has 1 heterocycles. The quantitative estimate of drug-likeness (QED) is 0.438. The first kappa shape index (κ1) is 22.0. The van der Waals surface area contributed by atoms with Gasteiger partial charge in [0.05, 0.1) is 12.2 Å². The zero-order valence-electron chi connectivity index (χ0n) is 18.3. The molecule has 0 bridgehead atoms. The number of rotatable bonds is 8. The Labute approximate surface area is 193 Å². The molecule has 3 aromatic carbocycles. The first-order valence-corrected chi connectivity index (χ1v) is 11.3. The Balaban J connectivity index is 1.63. The van der Waals surface area contributed by atoms with E-state index in [1.807, 2.05) is 78.6 Å². The number of nitrogens with one attached hydrogen (secondary N) is 1. The number of para-hydroxylation sites is 1. The summed E-state index contributed by atoms with van der Waals surface area (Å²) in [6.45, 7) is 5.51. The van der Waals surface area contributed by atoms with Crippen molar-refractivity contribution in [1.82, 2.24) is 4.90 Å². The van der Waals surface area contributed by atoms with Gasteiger partial charge in [0, 0.05) is 22.8 Å². The maximum atomic E-state index is 13.2. The largest absolute Gasteiger partial charge is 0.490 e. The van der Waals surface area contributed by atoms with Gasteiger partial charge in [-0.2, -0.15) is 0 Å². The fraction of sp³-hybridized carbons (Fsp3) is 0.269. The summed E-state index contributed by atoms with van der Waals surface area (Å²) in [6.07, 6.45) is 0.581. The van der Waals surface area contributed by atoms with Crippen LogP contribution in [0.15, 0.2) is 66.7 Å². The van der Waals surface area contributed by atoms with Gasteiger partial charge in [-0.25, -0.2) is 0 Å². The van der Waals surface area contributed by atoms with Crippen LogP contribution in [0.2, 0.25) is 5.02 Å². The fourth-order valence-electron chi connectivity index (χ4n) is 3.88. The van der Waals surface area contributed by atoms with Gasteiger partial charge in [-0.3, -0.25) is 4.79 Å². The molecular formula is C26H27ClN2O3. The van der Waals surface area contributed by atoms with E-state index in [0.29, 0.717) is 41.8 Å². The summed E-state index contributed by atoms with van der Waals surface area (Å²) in [5.74, 6) is 1.31. The molecule has 5 nitrogen and oxygen atoms in total. The number of carbonyl (C=O) groups is 1. The lowest BCUT2D eigenvalue weighted by Crippen LogP contribution is -2.43. The SMILES string of the molecule is CCCN1C(=O)c2ccccc2NC1c1ccc(OCc2ccccc2Cl)c(OCC)c1. The normalized spacial score (nSPS) is 15.2. The van der Waals surface area contributed by atoms with Gasteiger partial charge in [0.1, 0.15) is 12.8 Å². The van der Waals surface area contributed by atoms with E-state index in [1.54, 1.807) is 0 Å². The summed E-state index contributed by atoms with van der Waals surface area (Å²) in [6, 6.07) is 21.1. The minimum atomic E-state index is -0.283. The van der Waals surface area contributed by atoms with Gasteiger partial charge >= 0.3 is 0 Å². The molecule has 1 aliphatic heterocycles. The molecule has 0 aliphatic carbocycles. The van der Waals surface area contributed by atoms with Crippen molar-refractivity contribution in [2.75, 3.05) is 18.5 Å². The lowest BCUT2D eigenvalue weighted by molar-refractivity contribution is 0.0683. The van der Waals surface area contributed by atoms with E-state index in [0.717, 1.165) is 23.2 Å². The molecule has 3 aromatic rings. The van der Waals surface area contributed by atoms with Crippen molar-refractivity contribution < 1.29 is 14.3 Å². The average Bonchev–Trinajstić information content (AvgIpc) is 2.81. The zero-order valence-corrected chi connectivity index (χ0v) is 19.1. The van der Waals surface area contributed by atoms with E-state index in [1.165, 1.54) is 0 Å². The summed E-state index contributed by atoms with van der Waals surface area (Å²) < 4.78 is 11.9. The number of hydrogen-bond donors (Lipinski definition) is 1. The van der Waals surface area contributed by atoms with Crippen molar-refractivity contribution in [1.29, 1.82) is 0 Å². The highest BCUT2D eigenvalue weighted by atomic mass is 35.5. The number of anilines is 1. The van der Waals surface area contributed by atoms with Crippen LogP contribution in [-0.2, 0) is 6.61 Å². The molecule has 1 atom stereocenters. The number of hydrogen-bond acceptors (Lipinski definition) is 4. The molecule has 0 saturated heterocycles. The number of benzene rings is 3. The first-order chi connectivity index (χ1) is 15.6. The number of ether oxygens (including phenoxy) is 2. The van der Waals surface area contributed by atoms with Gasteiger partial charge in [-0.05, 0) is 49.2 Å². The minimum Gasteiger partial charge on any atom is -0.490 e. The second kappa shape index (κ2) is 9.96. The molecule has 0 spiro atoms. The molecule has 166 valence electrons. The summed E-state index contributed by atoms with van der Waals surface area (Å²) in [4.78, 5) is 15.0. The highest BCUT2D eigenvalue weighted by molar-refractivity contribution is 6.31. The number of amides is 1. The van der Waals surface area contributed by atoms with Crippen LogP contribution in [0, 0.1) is 0 Å². The van der Waals surface area contributed by atoms with Crippen molar-refractivity contribution in [3.8, 4) is 11.5 Å². The third-order valence-corrected chi connectivity index (χ3v) is 5.78.